The van der Waals surface area contributed by atoms with E-state index in [9.17, 15) is 9.59 Å². The van der Waals surface area contributed by atoms with Crippen molar-refractivity contribution in [3.63, 3.8) is 0 Å². The van der Waals surface area contributed by atoms with Crippen LogP contribution in [-0.2, 0) is 0 Å². The van der Waals surface area contributed by atoms with Crippen molar-refractivity contribution in [3.05, 3.63) is 95.6 Å². The summed E-state index contributed by atoms with van der Waals surface area (Å²) >= 11 is 5.93. The van der Waals surface area contributed by atoms with E-state index in [0.717, 1.165) is 9.79 Å². The summed E-state index contributed by atoms with van der Waals surface area (Å²) in [5, 5.41) is 0. The Labute approximate surface area is 169 Å². The van der Waals surface area contributed by atoms with Gasteiger partial charge in [-0.3, -0.25) is 9.59 Å². The average molecular weight is 393 g/mol. The fourth-order valence-electron chi connectivity index (χ4n) is 2.59. The van der Waals surface area contributed by atoms with Gasteiger partial charge < -0.3 is 0 Å². The number of carbonyl (C=O) groups excluding carboxylic acids is 2. The minimum atomic E-state index is -0.685. The summed E-state index contributed by atoms with van der Waals surface area (Å²) in [6.45, 7) is 3.58. The van der Waals surface area contributed by atoms with E-state index in [1.165, 1.54) is 0 Å². The van der Waals surface area contributed by atoms with Crippen LogP contribution in [0.2, 0.25) is 0 Å². The SMILES string of the molecule is CC(C)(S)C(=O)c1ccc(Sc2ccc(C(=O)c3ccccc3)cc2)cc1. The summed E-state index contributed by atoms with van der Waals surface area (Å²) in [5.74, 6) is 0.0237. The monoisotopic (exact) mass is 392 g/mol. The molecule has 2 nitrogen and oxygen atoms in total. The fourth-order valence-corrected chi connectivity index (χ4v) is 3.54. The van der Waals surface area contributed by atoms with Crippen molar-refractivity contribution in [2.24, 2.45) is 0 Å². The molecule has 0 saturated carbocycles. The molecule has 3 aromatic carbocycles. The number of rotatable bonds is 6. The van der Waals surface area contributed by atoms with E-state index in [0.29, 0.717) is 16.7 Å². The van der Waals surface area contributed by atoms with Crippen molar-refractivity contribution in [3.8, 4) is 0 Å². The number of hydrogen-bond donors (Lipinski definition) is 1. The molecule has 0 bridgehead atoms. The molecule has 4 heteroatoms. The highest BCUT2D eigenvalue weighted by atomic mass is 32.2. The first kappa shape index (κ1) is 19.5. The van der Waals surface area contributed by atoms with Crippen molar-refractivity contribution in [2.45, 2.75) is 28.4 Å². The lowest BCUT2D eigenvalue weighted by molar-refractivity contribution is 0.0958. The zero-order valence-electron chi connectivity index (χ0n) is 15.2. The maximum atomic E-state index is 12.5. The smallest absolute Gasteiger partial charge is 0.193 e. The number of carbonyl (C=O) groups is 2. The van der Waals surface area contributed by atoms with Crippen LogP contribution in [0.25, 0.3) is 0 Å². The molecule has 136 valence electrons. The van der Waals surface area contributed by atoms with Crippen molar-refractivity contribution in [1.29, 1.82) is 0 Å². The van der Waals surface area contributed by atoms with Crippen LogP contribution in [-0.4, -0.2) is 16.3 Å². The van der Waals surface area contributed by atoms with Gasteiger partial charge >= 0.3 is 0 Å². The molecule has 0 saturated heterocycles. The van der Waals surface area contributed by atoms with Gasteiger partial charge in [-0.15, -0.1) is 0 Å². The van der Waals surface area contributed by atoms with Gasteiger partial charge in [-0.05, 0) is 50.2 Å². The molecule has 0 fully saturated rings. The molecule has 0 atom stereocenters. The molecule has 0 N–H and O–H groups in total. The molecule has 0 amide bonds. The standard InChI is InChI=1S/C23H20O2S2/c1-23(2,26)22(25)18-10-14-20(15-11-18)27-19-12-8-17(9-13-19)21(24)16-6-4-3-5-7-16/h3-15,26H,1-2H3. The highest BCUT2D eigenvalue weighted by molar-refractivity contribution is 7.99. The van der Waals surface area contributed by atoms with Gasteiger partial charge in [0.05, 0.1) is 4.75 Å². The highest BCUT2D eigenvalue weighted by Crippen LogP contribution is 2.29. The van der Waals surface area contributed by atoms with E-state index in [1.54, 1.807) is 25.6 Å². The summed E-state index contributed by atoms with van der Waals surface area (Å²) in [5.41, 5.74) is 2.01. The predicted octanol–water partition coefficient (Wildman–Crippen LogP) is 5.96. The molecule has 0 aromatic heterocycles. The van der Waals surface area contributed by atoms with Crippen LogP contribution >= 0.6 is 24.4 Å². The van der Waals surface area contributed by atoms with Crippen LogP contribution in [0.3, 0.4) is 0 Å². The van der Waals surface area contributed by atoms with Gasteiger partial charge in [0.2, 0.25) is 0 Å². The van der Waals surface area contributed by atoms with E-state index in [4.69, 9.17) is 0 Å². The molecule has 0 radical (unpaired) electrons. The van der Waals surface area contributed by atoms with E-state index in [-0.39, 0.29) is 11.6 Å². The highest BCUT2D eigenvalue weighted by Gasteiger charge is 2.23. The van der Waals surface area contributed by atoms with Gasteiger partial charge in [-0.1, -0.05) is 54.2 Å². The van der Waals surface area contributed by atoms with Crippen molar-refractivity contribution in [2.75, 3.05) is 0 Å². The van der Waals surface area contributed by atoms with Gasteiger partial charge in [0.15, 0.2) is 11.6 Å². The van der Waals surface area contributed by atoms with E-state index in [1.807, 2.05) is 78.9 Å². The maximum absolute atomic E-state index is 12.5. The maximum Gasteiger partial charge on any atom is 0.193 e. The zero-order valence-corrected chi connectivity index (χ0v) is 16.9. The van der Waals surface area contributed by atoms with Crippen LogP contribution in [0.1, 0.15) is 40.1 Å². The zero-order chi connectivity index (χ0) is 19.4. The van der Waals surface area contributed by atoms with Crippen molar-refractivity contribution >= 4 is 36.0 Å². The molecule has 0 aliphatic heterocycles. The van der Waals surface area contributed by atoms with Crippen LogP contribution in [0.15, 0.2) is 88.7 Å². The van der Waals surface area contributed by atoms with Crippen molar-refractivity contribution in [1.82, 2.24) is 0 Å². The topological polar surface area (TPSA) is 34.1 Å². The summed E-state index contributed by atoms with van der Waals surface area (Å²) < 4.78 is -0.685. The quantitative estimate of drug-likeness (QED) is 0.415. The first-order chi connectivity index (χ1) is 12.8. The van der Waals surface area contributed by atoms with Gasteiger partial charge in [0, 0.05) is 26.5 Å². The molecular formula is C23H20O2S2. The van der Waals surface area contributed by atoms with Crippen LogP contribution in [0, 0.1) is 0 Å². The molecule has 0 spiro atoms. The molecular weight excluding hydrogens is 372 g/mol. The Morgan fingerprint density at radius 2 is 1.15 bits per heavy atom. The van der Waals surface area contributed by atoms with Gasteiger partial charge in [0.25, 0.3) is 0 Å². The second-order valence-electron chi connectivity index (χ2n) is 6.73. The lowest BCUT2D eigenvalue weighted by Gasteiger charge is -2.15. The van der Waals surface area contributed by atoms with Crippen LogP contribution in [0.5, 0.6) is 0 Å². The Hall–Kier alpha value is -2.30. The summed E-state index contributed by atoms with van der Waals surface area (Å²) in [4.78, 5) is 26.8. The third-order valence-corrected chi connectivity index (χ3v) is 5.28. The Kier molecular flexibility index (Phi) is 5.88. The molecule has 0 heterocycles. The number of Topliss-reactive ketones (excluding diaryl/α,β-unsaturated/α-hetero) is 1. The Morgan fingerprint density at radius 1 is 0.704 bits per heavy atom. The summed E-state index contributed by atoms with van der Waals surface area (Å²) in [7, 11) is 0. The van der Waals surface area contributed by atoms with E-state index in [2.05, 4.69) is 12.6 Å². The van der Waals surface area contributed by atoms with E-state index < -0.39 is 4.75 Å². The summed E-state index contributed by atoms with van der Waals surface area (Å²) in [6, 6.07) is 24.4. The number of thiol groups is 1. The third-order valence-electron chi connectivity index (χ3n) is 4.06. The van der Waals surface area contributed by atoms with Gasteiger partial charge in [-0.2, -0.15) is 12.6 Å². The molecule has 0 unspecified atom stereocenters. The number of hydrogen-bond acceptors (Lipinski definition) is 4. The largest absolute Gasteiger partial charge is 0.293 e. The van der Waals surface area contributed by atoms with Crippen molar-refractivity contribution < 1.29 is 9.59 Å². The molecule has 0 aliphatic rings. The minimum absolute atomic E-state index is 0.00570. The lowest BCUT2D eigenvalue weighted by atomic mass is 10.0. The molecule has 3 rings (SSSR count). The average Bonchev–Trinajstić information content (AvgIpc) is 2.68. The fraction of sp³-hybridized carbons (Fsp3) is 0.130. The normalized spacial score (nSPS) is 11.2. The Morgan fingerprint density at radius 3 is 1.63 bits per heavy atom. The number of benzene rings is 3. The predicted molar refractivity (Wildman–Crippen MR) is 114 cm³/mol. The first-order valence-corrected chi connectivity index (χ1v) is 9.86. The molecule has 27 heavy (non-hydrogen) atoms. The summed E-state index contributed by atoms with van der Waals surface area (Å²) in [6.07, 6.45) is 0. The van der Waals surface area contributed by atoms with E-state index >= 15 is 0 Å². The molecule has 0 aliphatic carbocycles. The lowest BCUT2D eigenvalue weighted by Crippen LogP contribution is -2.24. The van der Waals surface area contributed by atoms with Gasteiger partial charge in [0.1, 0.15) is 0 Å². The van der Waals surface area contributed by atoms with Crippen LogP contribution < -0.4 is 0 Å². The molecule has 3 aromatic rings. The van der Waals surface area contributed by atoms with Crippen LogP contribution in [0.4, 0.5) is 0 Å². The Bertz CT molecular complexity index is 938. The first-order valence-electron chi connectivity index (χ1n) is 8.59. The third kappa shape index (κ3) is 4.90. The second kappa shape index (κ2) is 8.15. The Balaban J connectivity index is 1.70. The minimum Gasteiger partial charge on any atom is -0.293 e. The van der Waals surface area contributed by atoms with Gasteiger partial charge in [-0.25, -0.2) is 0 Å². The number of ketones is 2. The second-order valence-corrected chi connectivity index (χ2v) is 9.00.